The van der Waals surface area contributed by atoms with E-state index in [2.05, 4.69) is 0 Å². The van der Waals surface area contributed by atoms with Gasteiger partial charge in [-0.25, -0.2) is 0 Å². The van der Waals surface area contributed by atoms with Gasteiger partial charge in [-0.05, 0) is 39.5 Å². The lowest BCUT2D eigenvalue weighted by Gasteiger charge is -2.24. The van der Waals surface area contributed by atoms with Gasteiger partial charge in [-0.15, -0.1) is 0 Å². The minimum absolute atomic E-state index is 0.0352. The van der Waals surface area contributed by atoms with Crippen LogP contribution in [-0.2, 0) is 9.53 Å². The highest BCUT2D eigenvalue weighted by atomic mass is 16.5. The van der Waals surface area contributed by atoms with Gasteiger partial charge >= 0.3 is 0 Å². The zero-order valence-corrected chi connectivity index (χ0v) is 10.8. The summed E-state index contributed by atoms with van der Waals surface area (Å²) in [7, 11) is 0. The molecule has 2 fully saturated rings. The van der Waals surface area contributed by atoms with Crippen molar-refractivity contribution in [3.63, 3.8) is 0 Å². The van der Waals surface area contributed by atoms with Crippen molar-refractivity contribution < 1.29 is 14.6 Å². The number of likely N-dealkylation sites (tertiary alicyclic amines) is 1. The summed E-state index contributed by atoms with van der Waals surface area (Å²) in [6.07, 6.45) is 3.41. The number of carbonyl (C=O) groups excluding carboxylic acids is 1. The van der Waals surface area contributed by atoms with E-state index in [0.717, 1.165) is 25.8 Å². The normalized spacial score (nSPS) is 39.1. The van der Waals surface area contributed by atoms with Crippen molar-refractivity contribution in [3.05, 3.63) is 0 Å². The van der Waals surface area contributed by atoms with Gasteiger partial charge in [0.05, 0.1) is 24.2 Å². The van der Waals surface area contributed by atoms with Crippen molar-refractivity contribution in [2.75, 3.05) is 19.7 Å². The summed E-state index contributed by atoms with van der Waals surface area (Å²) in [6, 6.07) is 0. The van der Waals surface area contributed by atoms with E-state index in [9.17, 15) is 9.90 Å². The molecule has 0 aliphatic carbocycles. The zero-order chi connectivity index (χ0) is 12.5. The Balaban J connectivity index is 1.91. The molecule has 2 saturated heterocycles. The number of hydrogen-bond acceptors (Lipinski definition) is 3. The van der Waals surface area contributed by atoms with Crippen LogP contribution in [0.25, 0.3) is 0 Å². The zero-order valence-electron chi connectivity index (χ0n) is 10.8. The molecule has 4 nitrogen and oxygen atoms in total. The third-order valence-electron chi connectivity index (χ3n) is 3.92. The summed E-state index contributed by atoms with van der Waals surface area (Å²) in [5.74, 6) is 0.250. The number of nitrogens with zero attached hydrogens (tertiary/aromatic N) is 1. The van der Waals surface area contributed by atoms with Gasteiger partial charge in [0, 0.05) is 13.1 Å². The van der Waals surface area contributed by atoms with Crippen LogP contribution in [0.1, 0.15) is 39.5 Å². The Morgan fingerprint density at radius 2 is 2.18 bits per heavy atom. The first-order chi connectivity index (χ1) is 7.98. The second-order valence-electron chi connectivity index (χ2n) is 5.75. The molecule has 0 aromatic carbocycles. The molecule has 17 heavy (non-hydrogen) atoms. The number of carbonyl (C=O) groups is 1. The Morgan fingerprint density at radius 1 is 1.41 bits per heavy atom. The first kappa shape index (κ1) is 12.8. The van der Waals surface area contributed by atoms with E-state index in [-0.39, 0.29) is 17.9 Å². The van der Waals surface area contributed by atoms with Crippen LogP contribution in [0.4, 0.5) is 0 Å². The molecule has 0 aromatic heterocycles. The predicted octanol–water partition coefficient (Wildman–Crippen LogP) is 1.17. The molecule has 0 bridgehead atoms. The van der Waals surface area contributed by atoms with Crippen molar-refractivity contribution in [1.29, 1.82) is 0 Å². The van der Waals surface area contributed by atoms with Gasteiger partial charge in [0.1, 0.15) is 0 Å². The number of hydrogen-bond donors (Lipinski definition) is 1. The number of rotatable bonds is 1. The van der Waals surface area contributed by atoms with Gasteiger partial charge in [0.25, 0.3) is 0 Å². The van der Waals surface area contributed by atoms with Crippen LogP contribution in [0.5, 0.6) is 0 Å². The lowest BCUT2D eigenvalue weighted by molar-refractivity contribution is -0.135. The fraction of sp³-hybridized carbons (Fsp3) is 0.923. The van der Waals surface area contributed by atoms with E-state index < -0.39 is 5.60 Å². The first-order valence-electron chi connectivity index (χ1n) is 6.61. The Labute approximate surface area is 103 Å². The highest BCUT2D eigenvalue weighted by Crippen LogP contribution is 2.25. The van der Waals surface area contributed by atoms with Gasteiger partial charge in [-0.2, -0.15) is 0 Å². The summed E-state index contributed by atoms with van der Waals surface area (Å²) in [6.45, 7) is 5.89. The molecule has 98 valence electrons. The fourth-order valence-electron chi connectivity index (χ4n) is 2.73. The molecule has 0 spiro atoms. The van der Waals surface area contributed by atoms with Crippen molar-refractivity contribution in [1.82, 2.24) is 4.90 Å². The first-order valence-corrected chi connectivity index (χ1v) is 6.61. The van der Waals surface area contributed by atoms with Crippen LogP contribution in [0.2, 0.25) is 0 Å². The quantitative estimate of drug-likeness (QED) is 0.750. The lowest BCUT2D eigenvalue weighted by atomic mass is 9.98. The minimum Gasteiger partial charge on any atom is -0.390 e. The van der Waals surface area contributed by atoms with Crippen molar-refractivity contribution in [3.8, 4) is 0 Å². The SMILES string of the molecule is CC1CC(C(=O)N2CCCC(C)(O)CC2)CO1. The molecule has 2 heterocycles. The third kappa shape index (κ3) is 3.19. The average Bonchev–Trinajstić information content (AvgIpc) is 2.60. The largest absolute Gasteiger partial charge is 0.390 e. The maximum Gasteiger partial charge on any atom is 0.228 e. The van der Waals surface area contributed by atoms with Crippen LogP contribution in [-0.4, -0.2) is 47.3 Å². The maximum atomic E-state index is 12.3. The van der Waals surface area contributed by atoms with E-state index in [1.807, 2.05) is 18.7 Å². The van der Waals surface area contributed by atoms with Crippen LogP contribution < -0.4 is 0 Å². The smallest absolute Gasteiger partial charge is 0.228 e. The van der Waals surface area contributed by atoms with E-state index >= 15 is 0 Å². The summed E-state index contributed by atoms with van der Waals surface area (Å²) in [4.78, 5) is 14.2. The summed E-state index contributed by atoms with van der Waals surface area (Å²) in [5, 5.41) is 10.00. The Bertz CT molecular complexity index is 290. The molecule has 0 radical (unpaired) electrons. The molecule has 3 atom stereocenters. The third-order valence-corrected chi connectivity index (χ3v) is 3.92. The molecule has 1 N–H and O–H groups in total. The van der Waals surface area contributed by atoms with E-state index in [1.54, 1.807) is 0 Å². The molecule has 0 saturated carbocycles. The summed E-state index contributed by atoms with van der Waals surface area (Å²) >= 11 is 0. The van der Waals surface area contributed by atoms with Gasteiger partial charge in [0.15, 0.2) is 0 Å². The Morgan fingerprint density at radius 3 is 2.82 bits per heavy atom. The monoisotopic (exact) mass is 241 g/mol. The Kier molecular flexibility index (Phi) is 3.73. The van der Waals surface area contributed by atoms with E-state index in [1.165, 1.54) is 0 Å². The van der Waals surface area contributed by atoms with Crippen LogP contribution in [0, 0.1) is 5.92 Å². The average molecular weight is 241 g/mol. The summed E-state index contributed by atoms with van der Waals surface area (Å²) < 4.78 is 5.45. The molecule has 2 aliphatic rings. The lowest BCUT2D eigenvalue weighted by Crippen LogP contribution is -2.38. The van der Waals surface area contributed by atoms with Crippen LogP contribution in [0.15, 0.2) is 0 Å². The van der Waals surface area contributed by atoms with Gasteiger partial charge in [-0.3, -0.25) is 4.79 Å². The van der Waals surface area contributed by atoms with Crippen molar-refractivity contribution in [2.45, 2.75) is 51.2 Å². The van der Waals surface area contributed by atoms with E-state index in [0.29, 0.717) is 19.6 Å². The highest BCUT2D eigenvalue weighted by Gasteiger charge is 2.33. The molecule has 4 heteroatoms. The van der Waals surface area contributed by atoms with Gasteiger partial charge in [-0.1, -0.05) is 0 Å². The van der Waals surface area contributed by atoms with Crippen molar-refractivity contribution in [2.24, 2.45) is 5.92 Å². The molecule has 1 amide bonds. The molecule has 2 rings (SSSR count). The summed E-state index contributed by atoms with van der Waals surface area (Å²) in [5.41, 5.74) is -0.603. The second-order valence-corrected chi connectivity index (χ2v) is 5.75. The van der Waals surface area contributed by atoms with Gasteiger partial charge < -0.3 is 14.7 Å². The number of ether oxygens (including phenoxy) is 1. The molecule has 2 aliphatic heterocycles. The topological polar surface area (TPSA) is 49.8 Å². The maximum absolute atomic E-state index is 12.3. The van der Waals surface area contributed by atoms with Crippen molar-refractivity contribution >= 4 is 5.91 Å². The van der Waals surface area contributed by atoms with E-state index in [4.69, 9.17) is 4.74 Å². The highest BCUT2D eigenvalue weighted by molar-refractivity contribution is 5.79. The predicted molar refractivity (Wildman–Crippen MR) is 64.6 cm³/mol. The fourth-order valence-corrected chi connectivity index (χ4v) is 2.73. The molecule has 0 aromatic rings. The van der Waals surface area contributed by atoms with Gasteiger partial charge in [0.2, 0.25) is 5.91 Å². The second kappa shape index (κ2) is 4.94. The van der Waals surface area contributed by atoms with Crippen LogP contribution in [0.3, 0.4) is 0 Å². The molecular formula is C13H23NO3. The Hall–Kier alpha value is -0.610. The molecular weight excluding hydrogens is 218 g/mol. The molecule has 3 unspecified atom stereocenters. The number of aliphatic hydroxyl groups is 1. The number of amides is 1. The van der Waals surface area contributed by atoms with Crippen LogP contribution >= 0.6 is 0 Å². The minimum atomic E-state index is -0.603. The standard InChI is InChI=1S/C13H23NO3/c1-10-8-11(9-17-10)12(15)14-6-3-4-13(2,16)5-7-14/h10-11,16H,3-9H2,1-2H3.